The van der Waals surface area contributed by atoms with Crippen LogP contribution in [0, 0.1) is 5.92 Å². The summed E-state index contributed by atoms with van der Waals surface area (Å²) in [4.78, 5) is 14.2. The van der Waals surface area contributed by atoms with Crippen LogP contribution >= 0.6 is 22.9 Å². The molecular formula is C22H28ClN5O4S. The van der Waals surface area contributed by atoms with E-state index >= 15 is 0 Å². The summed E-state index contributed by atoms with van der Waals surface area (Å²) in [5.41, 5.74) is 5.25. The number of alkyl halides is 1. The van der Waals surface area contributed by atoms with Crippen molar-refractivity contribution in [2.45, 2.75) is 62.6 Å². The lowest BCUT2D eigenvalue weighted by Gasteiger charge is -2.31. The summed E-state index contributed by atoms with van der Waals surface area (Å²) in [5, 5.41) is 13.8. The molecule has 2 aromatic rings. The van der Waals surface area contributed by atoms with Gasteiger partial charge in [-0.1, -0.05) is 11.6 Å². The quantitative estimate of drug-likeness (QED) is 0.432. The summed E-state index contributed by atoms with van der Waals surface area (Å²) >= 11 is 8.21. The Morgan fingerprint density at radius 2 is 2.24 bits per heavy atom. The van der Waals surface area contributed by atoms with Gasteiger partial charge in [-0.3, -0.25) is 0 Å². The Kier molecular flexibility index (Phi) is 5.77. The van der Waals surface area contributed by atoms with Gasteiger partial charge in [-0.15, -0.1) is 11.3 Å². The van der Waals surface area contributed by atoms with Crippen molar-refractivity contribution in [2.24, 2.45) is 21.6 Å². The van der Waals surface area contributed by atoms with Crippen molar-refractivity contribution in [3.63, 3.8) is 0 Å². The molecule has 1 aromatic heterocycles. The number of fused-ring (bicyclic) bond motifs is 2. The number of nitrogens with zero attached hydrogens (tertiary/aromatic N) is 3. The van der Waals surface area contributed by atoms with Gasteiger partial charge >= 0.3 is 0 Å². The van der Waals surface area contributed by atoms with Crippen LogP contribution in [0.1, 0.15) is 44.5 Å². The summed E-state index contributed by atoms with van der Waals surface area (Å²) < 4.78 is 19.1. The molecule has 5 atom stereocenters. The number of amidine groups is 1. The van der Waals surface area contributed by atoms with E-state index in [1.165, 1.54) is 11.3 Å². The maximum absolute atomic E-state index is 9.88. The fourth-order valence-electron chi connectivity index (χ4n) is 4.86. The number of halogens is 1. The van der Waals surface area contributed by atoms with Crippen molar-refractivity contribution in [2.75, 3.05) is 13.2 Å². The Hall–Kier alpha value is -1.98. The Morgan fingerprint density at radius 1 is 1.42 bits per heavy atom. The summed E-state index contributed by atoms with van der Waals surface area (Å²) in [6.45, 7) is 6.27. The maximum atomic E-state index is 9.88. The number of rotatable bonds is 5. The largest absolute Gasteiger partial charge is 0.494 e. The van der Waals surface area contributed by atoms with Crippen LogP contribution in [0.15, 0.2) is 28.2 Å². The minimum atomic E-state index is -0.940. The van der Waals surface area contributed by atoms with Gasteiger partial charge in [0, 0.05) is 18.9 Å². The van der Waals surface area contributed by atoms with Crippen LogP contribution in [-0.4, -0.2) is 58.2 Å². The number of hydrogen-bond acceptors (Lipinski definition) is 9. The van der Waals surface area contributed by atoms with Gasteiger partial charge in [-0.25, -0.2) is 15.0 Å². The van der Waals surface area contributed by atoms with E-state index in [9.17, 15) is 5.11 Å². The molecule has 11 heteroatoms. The lowest BCUT2D eigenvalue weighted by Crippen LogP contribution is -2.49. The molecule has 1 saturated carbocycles. The van der Waals surface area contributed by atoms with Crippen LogP contribution < -0.4 is 15.8 Å². The first-order valence-electron chi connectivity index (χ1n) is 11.1. The highest BCUT2D eigenvalue weighted by Gasteiger charge is 2.60. The third-order valence-corrected chi connectivity index (χ3v) is 7.62. The molecule has 0 amide bonds. The number of ether oxygens (including phenoxy) is 3. The fraction of sp³-hybridized carbons (Fsp3) is 0.591. The van der Waals surface area contributed by atoms with Crippen LogP contribution in [0.2, 0.25) is 0 Å². The second kappa shape index (κ2) is 8.35. The van der Waals surface area contributed by atoms with E-state index in [4.69, 9.17) is 41.5 Å². The highest BCUT2D eigenvalue weighted by Crippen LogP contribution is 2.50. The van der Waals surface area contributed by atoms with E-state index < -0.39 is 22.9 Å². The lowest BCUT2D eigenvalue weighted by molar-refractivity contribution is -0.170. The smallest absolute Gasteiger partial charge is 0.195 e. The first-order valence-corrected chi connectivity index (χ1v) is 12.3. The molecule has 0 radical (unpaired) electrons. The molecule has 178 valence electrons. The first kappa shape index (κ1) is 22.8. The van der Waals surface area contributed by atoms with Gasteiger partial charge in [-0.05, 0) is 45.4 Å². The van der Waals surface area contributed by atoms with Gasteiger partial charge < -0.3 is 30.4 Å². The fourth-order valence-corrected chi connectivity index (χ4v) is 6.41. The predicted octanol–water partition coefficient (Wildman–Crippen LogP) is 2.91. The van der Waals surface area contributed by atoms with Crippen molar-refractivity contribution in [3.05, 3.63) is 23.2 Å². The highest BCUT2D eigenvalue weighted by molar-refractivity contribution is 7.18. The van der Waals surface area contributed by atoms with Crippen molar-refractivity contribution < 1.29 is 19.3 Å². The van der Waals surface area contributed by atoms with Gasteiger partial charge in [0.1, 0.15) is 34.1 Å². The standard InChI is InChI=1S/C22H28ClN5O4S/c1-4-30-12-5-6-13-14(9-12)33-19(25-13)15-17(23)26-20(24)27-18(15)28-22-8-7-11(10-29)16(22)31-21(2,3)32-22/h5-6,9,11,15-17,29H,4,7-8,10H2,1-3H3,(H3,24,26,27,28). The minimum Gasteiger partial charge on any atom is -0.494 e. The number of aliphatic imine (C=N–C) groups is 2. The van der Waals surface area contributed by atoms with Crippen LogP contribution in [0.5, 0.6) is 5.75 Å². The molecule has 0 spiro atoms. The number of nitrogens with two attached hydrogens (primary N) is 1. The Bertz CT molecular complexity index is 1120. The predicted molar refractivity (Wildman–Crippen MR) is 128 cm³/mol. The van der Waals surface area contributed by atoms with Gasteiger partial charge in [0.15, 0.2) is 17.5 Å². The third kappa shape index (κ3) is 4.08. The molecule has 2 fully saturated rings. The van der Waals surface area contributed by atoms with Crippen LogP contribution in [0.25, 0.3) is 10.2 Å². The molecule has 5 unspecified atom stereocenters. The Morgan fingerprint density at radius 3 is 3.00 bits per heavy atom. The number of thiazole rings is 1. The van der Waals surface area contributed by atoms with Crippen LogP contribution in [-0.2, 0) is 9.47 Å². The monoisotopic (exact) mass is 493 g/mol. The molecule has 5 rings (SSSR count). The second-order valence-corrected chi connectivity index (χ2v) is 10.5. The zero-order valence-electron chi connectivity index (χ0n) is 18.7. The molecule has 9 nitrogen and oxygen atoms in total. The lowest BCUT2D eigenvalue weighted by atomic mass is 10.0. The topological polar surface area (TPSA) is 124 Å². The zero-order valence-corrected chi connectivity index (χ0v) is 20.3. The van der Waals surface area contributed by atoms with Crippen molar-refractivity contribution in [1.82, 2.24) is 10.3 Å². The molecular weight excluding hydrogens is 466 g/mol. The summed E-state index contributed by atoms with van der Waals surface area (Å²) in [6.07, 6.45) is 0.991. The number of aliphatic hydroxyl groups is 1. The molecule has 0 bridgehead atoms. The molecule has 3 heterocycles. The number of aromatic nitrogens is 1. The number of nitrogens with one attached hydrogen (secondary N) is 1. The summed E-state index contributed by atoms with van der Waals surface area (Å²) in [5.74, 6) is 0.196. The second-order valence-electron chi connectivity index (χ2n) is 8.97. The molecule has 1 saturated heterocycles. The van der Waals surface area contributed by atoms with E-state index in [-0.39, 0.29) is 24.6 Å². The molecule has 2 aliphatic heterocycles. The van der Waals surface area contributed by atoms with Gasteiger partial charge in [0.2, 0.25) is 0 Å². The van der Waals surface area contributed by atoms with Gasteiger partial charge in [0.25, 0.3) is 0 Å². The van der Waals surface area contributed by atoms with Crippen molar-refractivity contribution in [3.8, 4) is 5.75 Å². The normalized spacial score (nSPS) is 34.3. The van der Waals surface area contributed by atoms with Crippen molar-refractivity contribution in [1.29, 1.82) is 0 Å². The summed E-state index contributed by atoms with van der Waals surface area (Å²) in [7, 11) is 0. The molecule has 1 aromatic carbocycles. The zero-order chi connectivity index (χ0) is 23.4. The molecule has 33 heavy (non-hydrogen) atoms. The first-order chi connectivity index (χ1) is 15.7. The van der Waals surface area contributed by atoms with Gasteiger partial charge in [0.05, 0.1) is 16.8 Å². The highest BCUT2D eigenvalue weighted by atomic mass is 35.5. The van der Waals surface area contributed by atoms with Gasteiger partial charge in [-0.2, -0.15) is 0 Å². The third-order valence-electron chi connectivity index (χ3n) is 6.17. The minimum absolute atomic E-state index is 0.00926. The van der Waals surface area contributed by atoms with E-state index in [0.29, 0.717) is 18.9 Å². The molecule has 3 aliphatic rings. The molecule has 4 N–H and O–H groups in total. The van der Waals surface area contributed by atoms with Crippen molar-refractivity contribution >= 4 is 44.9 Å². The number of benzene rings is 1. The maximum Gasteiger partial charge on any atom is 0.195 e. The molecule has 1 aliphatic carbocycles. The average molecular weight is 494 g/mol. The van der Waals surface area contributed by atoms with Crippen LogP contribution in [0.3, 0.4) is 0 Å². The number of aliphatic hydroxyl groups excluding tert-OH is 1. The van der Waals surface area contributed by atoms with Crippen LogP contribution in [0.4, 0.5) is 0 Å². The van der Waals surface area contributed by atoms with E-state index in [2.05, 4.69) is 10.3 Å². The summed E-state index contributed by atoms with van der Waals surface area (Å²) in [6, 6.07) is 5.81. The number of hydrogen-bond donors (Lipinski definition) is 3. The number of guanidine groups is 1. The van der Waals surface area contributed by atoms with E-state index in [1.807, 2.05) is 39.0 Å². The van der Waals surface area contributed by atoms with E-state index in [0.717, 1.165) is 27.4 Å². The SMILES string of the molecule is CCOc1ccc2nc(C3C(=NC45CCC(CO)C4OC(C)(C)O5)NC(N)=NC3Cl)sc2c1. The average Bonchev–Trinajstić information content (AvgIpc) is 3.35. The van der Waals surface area contributed by atoms with E-state index in [1.54, 1.807) is 0 Å². The Balaban J connectivity index is 1.57. The Labute approximate surface area is 201 Å².